The van der Waals surface area contributed by atoms with Crippen molar-refractivity contribution in [2.75, 3.05) is 20.2 Å². The van der Waals surface area contributed by atoms with Crippen molar-refractivity contribution in [2.24, 2.45) is 11.7 Å². The van der Waals surface area contributed by atoms with Gasteiger partial charge >= 0.3 is 0 Å². The summed E-state index contributed by atoms with van der Waals surface area (Å²) in [6.07, 6.45) is 3.14. The fourth-order valence-electron chi connectivity index (χ4n) is 2.22. The molecule has 24 heavy (non-hydrogen) atoms. The summed E-state index contributed by atoms with van der Waals surface area (Å²) in [5.74, 6) is 1.51. The van der Waals surface area contributed by atoms with Gasteiger partial charge in [0.2, 0.25) is 5.91 Å². The van der Waals surface area contributed by atoms with Crippen molar-refractivity contribution in [2.45, 2.75) is 52.5 Å². The lowest BCUT2D eigenvalue weighted by Gasteiger charge is -2.21. The Hall–Kier alpha value is -1.26. The molecule has 0 aromatic heterocycles. The first-order valence-electron chi connectivity index (χ1n) is 8.65. The molecule has 0 spiro atoms. The van der Waals surface area contributed by atoms with E-state index in [9.17, 15) is 4.79 Å². The van der Waals surface area contributed by atoms with Gasteiger partial charge in [-0.05, 0) is 42.9 Å². The first-order chi connectivity index (χ1) is 10.9. The predicted molar refractivity (Wildman–Crippen MR) is 103 cm³/mol. The minimum Gasteiger partial charge on any atom is -0.494 e. The molecular weight excluding hydrogens is 324 g/mol. The molecule has 1 aromatic rings. The largest absolute Gasteiger partial charge is 0.494 e. The van der Waals surface area contributed by atoms with Crippen molar-refractivity contribution in [3.63, 3.8) is 0 Å². The highest BCUT2D eigenvalue weighted by atomic mass is 35.5. The lowest BCUT2D eigenvalue weighted by Crippen LogP contribution is -2.34. The molecule has 0 bridgehead atoms. The van der Waals surface area contributed by atoms with Gasteiger partial charge < -0.3 is 15.4 Å². The van der Waals surface area contributed by atoms with Gasteiger partial charge in [0.1, 0.15) is 5.75 Å². The van der Waals surface area contributed by atoms with Gasteiger partial charge in [-0.3, -0.25) is 4.79 Å². The zero-order chi connectivity index (χ0) is 17.2. The molecule has 1 rings (SSSR count). The van der Waals surface area contributed by atoms with Crippen LogP contribution < -0.4 is 10.5 Å². The SMILES string of the molecule is CCCOc1ccc(CCC(=O)N(C)CCC(N)C(C)C)cc1.Cl. The van der Waals surface area contributed by atoms with Crippen molar-refractivity contribution < 1.29 is 9.53 Å². The van der Waals surface area contributed by atoms with Gasteiger partial charge in [0.25, 0.3) is 0 Å². The summed E-state index contributed by atoms with van der Waals surface area (Å²) in [4.78, 5) is 14.0. The van der Waals surface area contributed by atoms with Crippen molar-refractivity contribution in [1.29, 1.82) is 0 Å². The van der Waals surface area contributed by atoms with Gasteiger partial charge in [-0.2, -0.15) is 0 Å². The minimum absolute atomic E-state index is 0. The maximum Gasteiger partial charge on any atom is 0.222 e. The van der Waals surface area contributed by atoms with Crippen LogP contribution in [-0.2, 0) is 11.2 Å². The number of nitrogens with two attached hydrogens (primary N) is 1. The number of aryl methyl sites for hydroxylation is 1. The maximum atomic E-state index is 12.2. The normalized spacial score (nSPS) is 11.8. The minimum atomic E-state index is 0. The fraction of sp³-hybridized carbons (Fsp3) is 0.632. The molecule has 1 amide bonds. The third kappa shape index (κ3) is 8.55. The van der Waals surface area contributed by atoms with Crippen LogP contribution in [0.5, 0.6) is 5.75 Å². The quantitative estimate of drug-likeness (QED) is 0.696. The highest BCUT2D eigenvalue weighted by Crippen LogP contribution is 2.14. The van der Waals surface area contributed by atoms with Gasteiger partial charge in [-0.1, -0.05) is 32.9 Å². The first kappa shape index (κ1) is 22.7. The number of hydrogen-bond donors (Lipinski definition) is 1. The Kier molecular flexibility index (Phi) is 11.5. The Morgan fingerprint density at radius 2 is 1.88 bits per heavy atom. The Morgan fingerprint density at radius 1 is 1.25 bits per heavy atom. The number of amides is 1. The van der Waals surface area contributed by atoms with E-state index in [1.165, 1.54) is 0 Å². The molecule has 138 valence electrons. The monoisotopic (exact) mass is 356 g/mol. The molecule has 2 N–H and O–H groups in total. The molecule has 0 aliphatic heterocycles. The summed E-state index contributed by atoms with van der Waals surface area (Å²) >= 11 is 0. The van der Waals surface area contributed by atoms with Crippen LogP contribution in [0.4, 0.5) is 0 Å². The van der Waals surface area contributed by atoms with Gasteiger partial charge in [-0.15, -0.1) is 12.4 Å². The highest BCUT2D eigenvalue weighted by Gasteiger charge is 2.12. The topological polar surface area (TPSA) is 55.6 Å². The van der Waals surface area contributed by atoms with E-state index < -0.39 is 0 Å². The van der Waals surface area contributed by atoms with Crippen molar-refractivity contribution in [1.82, 2.24) is 4.90 Å². The average Bonchev–Trinajstić information content (AvgIpc) is 2.55. The van der Waals surface area contributed by atoms with E-state index in [1.807, 2.05) is 31.3 Å². The second kappa shape index (κ2) is 12.2. The number of carbonyl (C=O) groups is 1. The van der Waals surface area contributed by atoms with Crippen LogP contribution >= 0.6 is 12.4 Å². The number of carbonyl (C=O) groups excluding carboxylic acids is 1. The van der Waals surface area contributed by atoms with E-state index in [2.05, 4.69) is 20.8 Å². The lowest BCUT2D eigenvalue weighted by atomic mass is 10.0. The predicted octanol–water partition coefficient (Wildman–Crippen LogP) is 3.66. The second-order valence-electron chi connectivity index (χ2n) is 6.50. The van der Waals surface area contributed by atoms with Gasteiger partial charge in [0.05, 0.1) is 6.61 Å². The molecule has 0 saturated heterocycles. The summed E-state index contributed by atoms with van der Waals surface area (Å²) in [5, 5.41) is 0. The second-order valence-corrected chi connectivity index (χ2v) is 6.50. The van der Waals surface area contributed by atoms with Crippen LogP contribution in [0.1, 0.15) is 45.6 Å². The smallest absolute Gasteiger partial charge is 0.222 e. The van der Waals surface area contributed by atoms with E-state index in [-0.39, 0.29) is 24.4 Å². The molecule has 4 nitrogen and oxygen atoms in total. The molecule has 0 saturated carbocycles. The number of benzene rings is 1. The zero-order valence-electron chi connectivity index (χ0n) is 15.5. The molecule has 0 aliphatic carbocycles. The number of nitrogens with zero attached hydrogens (tertiary/aromatic N) is 1. The van der Waals surface area contributed by atoms with Gasteiger partial charge in [0.15, 0.2) is 0 Å². The number of ether oxygens (including phenoxy) is 1. The molecule has 1 atom stereocenters. The third-order valence-corrected chi connectivity index (χ3v) is 4.10. The standard InChI is InChI=1S/C19H32N2O2.ClH/c1-5-14-23-17-9-6-16(7-10-17)8-11-19(22)21(4)13-12-18(20)15(2)3;/h6-7,9-10,15,18H,5,8,11-14,20H2,1-4H3;1H. The summed E-state index contributed by atoms with van der Waals surface area (Å²) in [7, 11) is 1.86. The molecular formula is C19H33ClN2O2. The Morgan fingerprint density at radius 3 is 2.42 bits per heavy atom. The molecule has 5 heteroatoms. The van der Waals surface area contributed by atoms with Crippen LogP contribution in [0, 0.1) is 5.92 Å². The zero-order valence-corrected chi connectivity index (χ0v) is 16.3. The third-order valence-electron chi connectivity index (χ3n) is 4.10. The van der Waals surface area contributed by atoms with E-state index in [0.29, 0.717) is 12.3 Å². The van der Waals surface area contributed by atoms with Crippen LogP contribution in [0.2, 0.25) is 0 Å². The Bertz CT molecular complexity index is 463. The molecule has 0 heterocycles. The summed E-state index contributed by atoms with van der Waals surface area (Å²) in [6.45, 7) is 7.77. The summed E-state index contributed by atoms with van der Waals surface area (Å²) in [6, 6.07) is 8.17. The fourth-order valence-corrected chi connectivity index (χ4v) is 2.22. The lowest BCUT2D eigenvalue weighted by molar-refractivity contribution is -0.129. The van der Waals surface area contributed by atoms with Crippen molar-refractivity contribution in [3.8, 4) is 5.75 Å². The number of hydrogen-bond acceptors (Lipinski definition) is 3. The van der Waals surface area contributed by atoms with Crippen molar-refractivity contribution >= 4 is 18.3 Å². The Labute approximate surface area is 153 Å². The van der Waals surface area contributed by atoms with Gasteiger partial charge in [0, 0.05) is 26.1 Å². The summed E-state index contributed by atoms with van der Waals surface area (Å²) in [5.41, 5.74) is 7.19. The molecule has 1 unspecified atom stereocenters. The van der Waals surface area contributed by atoms with Crippen LogP contribution in [-0.4, -0.2) is 37.0 Å². The molecule has 0 fully saturated rings. The van der Waals surface area contributed by atoms with E-state index >= 15 is 0 Å². The molecule has 0 aliphatic rings. The van der Waals surface area contributed by atoms with Gasteiger partial charge in [-0.25, -0.2) is 0 Å². The van der Waals surface area contributed by atoms with Crippen LogP contribution in [0.3, 0.4) is 0 Å². The number of rotatable bonds is 10. The van der Waals surface area contributed by atoms with Crippen molar-refractivity contribution in [3.05, 3.63) is 29.8 Å². The highest BCUT2D eigenvalue weighted by molar-refractivity contribution is 5.85. The molecule has 0 radical (unpaired) electrons. The van der Waals surface area contributed by atoms with E-state index in [4.69, 9.17) is 10.5 Å². The first-order valence-corrected chi connectivity index (χ1v) is 8.65. The number of halogens is 1. The van der Waals surface area contributed by atoms with E-state index in [0.717, 1.165) is 43.7 Å². The molecule has 1 aromatic carbocycles. The van der Waals surface area contributed by atoms with E-state index in [1.54, 1.807) is 4.90 Å². The Balaban J connectivity index is 0.00000529. The van der Waals surface area contributed by atoms with Crippen LogP contribution in [0.25, 0.3) is 0 Å². The van der Waals surface area contributed by atoms with Crippen LogP contribution in [0.15, 0.2) is 24.3 Å². The maximum absolute atomic E-state index is 12.2. The summed E-state index contributed by atoms with van der Waals surface area (Å²) < 4.78 is 5.56. The average molecular weight is 357 g/mol.